The molecule has 2 rings (SSSR count). The van der Waals surface area contributed by atoms with Gasteiger partial charge in [0.1, 0.15) is 5.82 Å². The lowest BCUT2D eigenvalue weighted by molar-refractivity contribution is -0.249. The monoisotopic (exact) mass is 378 g/mol. The van der Waals surface area contributed by atoms with Crippen LogP contribution in [0.2, 0.25) is 0 Å². The number of aryl methyl sites for hydroxylation is 2. The molecular weight excluding hydrogens is 349 g/mol. The quantitative estimate of drug-likeness (QED) is 0.390. The highest BCUT2D eigenvalue weighted by atomic mass is 19.3. The van der Waals surface area contributed by atoms with E-state index in [0.717, 1.165) is 30.9 Å². The summed E-state index contributed by atoms with van der Waals surface area (Å²) in [5.74, 6) is -0.914. The zero-order chi connectivity index (χ0) is 19.7. The maximum atomic E-state index is 14.2. The average molecular weight is 378 g/mol. The highest BCUT2D eigenvalue weighted by Crippen LogP contribution is 2.32. The molecule has 0 fully saturated rings. The van der Waals surface area contributed by atoms with Crippen LogP contribution in [0.3, 0.4) is 0 Å². The van der Waals surface area contributed by atoms with Crippen molar-refractivity contribution in [1.29, 1.82) is 0 Å². The number of rotatable bonds is 11. The molecular formula is C23H29F3O. The molecule has 0 aromatic heterocycles. The Hall–Kier alpha value is -1.81. The first-order chi connectivity index (χ1) is 13.0. The van der Waals surface area contributed by atoms with Crippen molar-refractivity contribution in [2.75, 3.05) is 6.61 Å². The van der Waals surface area contributed by atoms with Crippen molar-refractivity contribution >= 4 is 0 Å². The molecule has 2 aromatic carbocycles. The van der Waals surface area contributed by atoms with Gasteiger partial charge in [-0.1, -0.05) is 63.4 Å². The van der Waals surface area contributed by atoms with Gasteiger partial charge in [-0.05, 0) is 54.5 Å². The Bertz CT molecular complexity index is 695. The Morgan fingerprint density at radius 1 is 0.778 bits per heavy atom. The van der Waals surface area contributed by atoms with Gasteiger partial charge in [0.2, 0.25) is 0 Å². The van der Waals surface area contributed by atoms with E-state index < -0.39 is 17.5 Å². The van der Waals surface area contributed by atoms with E-state index >= 15 is 0 Å². The largest absolute Gasteiger partial charge is 0.386 e. The molecule has 27 heavy (non-hydrogen) atoms. The predicted molar refractivity (Wildman–Crippen MR) is 104 cm³/mol. The van der Waals surface area contributed by atoms with Crippen molar-refractivity contribution in [2.24, 2.45) is 0 Å². The molecule has 0 unspecified atom stereocenters. The third-order valence-electron chi connectivity index (χ3n) is 4.65. The lowest BCUT2D eigenvalue weighted by Gasteiger charge is -2.18. The highest BCUT2D eigenvalue weighted by Gasteiger charge is 2.35. The molecule has 0 N–H and O–H groups in total. The van der Waals surface area contributed by atoms with E-state index in [1.807, 2.05) is 31.2 Å². The summed E-state index contributed by atoms with van der Waals surface area (Å²) in [7, 11) is 0. The molecule has 0 saturated carbocycles. The smallest absolute Gasteiger partial charge is 0.316 e. The Labute approximate surface area is 160 Å². The van der Waals surface area contributed by atoms with E-state index in [2.05, 4.69) is 6.92 Å². The van der Waals surface area contributed by atoms with E-state index in [1.165, 1.54) is 30.5 Å². The maximum absolute atomic E-state index is 14.2. The highest BCUT2D eigenvalue weighted by molar-refractivity contribution is 5.27. The van der Waals surface area contributed by atoms with E-state index in [0.29, 0.717) is 18.4 Å². The first-order valence-corrected chi connectivity index (χ1v) is 9.84. The second-order valence-corrected chi connectivity index (χ2v) is 6.95. The minimum Gasteiger partial charge on any atom is -0.316 e. The van der Waals surface area contributed by atoms with Crippen molar-refractivity contribution in [1.82, 2.24) is 0 Å². The van der Waals surface area contributed by atoms with E-state index in [1.54, 1.807) is 0 Å². The molecule has 0 atom stereocenters. The summed E-state index contributed by atoms with van der Waals surface area (Å²) in [4.78, 5) is 0. The van der Waals surface area contributed by atoms with Crippen LogP contribution in [0.1, 0.15) is 61.8 Å². The van der Waals surface area contributed by atoms with Crippen molar-refractivity contribution in [3.8, 4) is 0 Å². The SMILES string of the molecule is CCCCCc1ccc(CCOC(F)(F)c2ccc(CCC)cc2F)cc1. The van der Waals surface area contributed by atoms with Gasteiger partial charge in [-0.15, -0.1) is 0 Å². The topological polar surface area (TPSA) is 9.23 Å². The van der Waals surface area contributed by atoms with Crippen LogP contribution in [0.25, 0.3) is 0 Å². The third kappa shape index (κ3) is 6.69. The van der Waals surface area contributed by atoms with Gasteiger partial charge in [-0.25, -0.2) is 4.39 Å². The van der Waals surface area contributed by atoms with Crippen molar-refractivity contribution in [3.63, 3.8) is 0 Å². The van der Waals surface area contributed by atoms with E-state index in [-0.39, 0.29) is 6.61 Å². The van der Waals surface area contributed by atoms with Crippen LogP contribution in [0.15, 0.2) is 42.5 Å². The lowest BCUT2D eigenvalue weighted by Crippen LogP contribution is -2.21. The fourth-order valence-electron chi connectivity index (χ4n) is 3.07. The first-order valence-electron chi connectivity index (χ1n) is 9.84. The summed E-state index contributed by atoms with van der Waals surface area (Å²) < 4.78 is 47.2. The summed E-state index contributed by atoms with van der Waals surface area (Å²) in [5.41, 5.74) is 2.21. The minimum atomic E-state index is -3.63. The Morgan fingerprint density at radius 3 is 2.00 bits per heavy atom. The second-order valence-electron chi connectivity index (χ2n) is 6.95. The molecule has 2 aromatic rings. The zero-order valence-electron chi connectivity index (χ0n) is 16.2. The molecule has 148 valence electrons. The van der Waals surface area contributed by atoms with Crippen molar-refractivity contribution < 1.29 is 17.9 Å². The van der Waals surface area contributed by atoms with E-state index in [9.17, 15) is 13.2 Å². The number of alkyl halides is 2. The third-order valence-corrected chi connectivity index (χ3v) is 4.65. The number of hydrogen-bond acceptors (Lipinski definition) is 1. The van der Waals surface area contributed by atoms with Gasteiger partial charge in [-0.3, -0.25) is 0 Å². The van der Waals surface area contributed by atoms with Crippen LogP contribution in [0.5, 0.6) is 0 Å². The molecule has 0 aliphatic rings. The number of ether oxygens (including phenoxy) is 1. The summed E-state index contributed by atoms with van der Waals surface area (Å²) in [6.45, 7) is 3.96. The predicted octanol–water partition coefficient (Wildman–Crippen LogP) is 6.82. The van der Waals surface area contributed by atoms with Crippen LogP contribution in [0, 0.1) is 5.82 Å². The van der Waals surface area contributed by atoms with Crippen LogP contribution in [0.4, 0.5) is 13.2 Å². The van der Waals surface area contributed by atoms with Gasteiger partial charge < -0.3 is 4.74 Å². The molecule has 0 spiro atoms. The Balaban J connectivity index is 1.88. The van der Waals surface area contributed by atoms with Gasteiger partial charge >= 0.3 is 6.11 Å². The molecule has 0 amide bonds. The molecule has 4 heteroatoms. The molecule has 0 bridgehead atoms. The maximum Gasteiger partial charge on any atom is 0.386 e. The number of hydrogen-bond donors (Lipinski definition) is 0. The Kier molecular flexibility index (Phi) is 8.36. The second kappa shape index (κ2) is 10.5. The summed E-state index contributed by atoms with van der Waals surface area (Å²) in [6.07, 6.45) is 2.83. The summed E-state index contributed by atoms with van der Waals surface area (Å²) in [6, 6.07) is 11.8. The number of halogens is 3. The molecule has 0 heterocycles. The fraction of sp³-hybridized carbons (Fsp3) is 0.478. The van der Waals surface area contributed by atoms with Crippen molar-refractivity contribution in [2.45, 2.75) is 64.9 Å². The Morgan fingerprint density at radius 2 is 1.41 bits per heavy atom. The molecule has 0 saturated heterocycles. The number of unbranched alkanes of at least 4 members (excludes halogenated alkanes) is 2. The minimum absolute atomic E-state index is 0.168. The molecule has 0 aliphatic carbocycles. The van der Waals surface area contributed by atoms with E-state index in [4.69, 9.17) is 4.74 Å². The van der Waals surface area contributed by atoms with Crippen LogP contribution >= 0.6 is 0 Å². The first kappa shape index (κ1) is 21.5. The summed E-state index contributed by atoms with van der Waals surface area (Å²) >= 11 is 0. The van der Waals surface area contributed by atoms with Gasteiger partial charge in [0.05, 0.1) is 12.2 Å². The fourth-order valence-corrected chi connectivity index (χ4v) is 3.07. The van der Waals surface area contributed by atoms with Gasteiger partial charge in [0, 0.05) is 0 Å². The molecule has 0 radical (unpaired) electrons. The van der Waals surface area contributed by atoms with Gasteiger partial charge in [0.15, 0.2) is 0 Å². The van der Waals surface area contributed by atoms with Crippen LogP contribution in [-0.2, 0) is 30.1 Å². The van der Waals surface area contributed by atoms with Gasteiger partial charge in [0.25, 0.3) is 0 Å². The van der Waals surface area contributed by atoms with Crippen LogP contribution in [-0.4, -0.2) is 6.61 Å². The number of benzene rings is 2. The molecule has 1 nitrogen and oxygen atoms in total. The standard InChI is InChI=1S/C23H29F3O/c1-3-5-6-8-18-9-11-19(12-10-18)15-16-27-23(25,26)21-14-13-20(7-4-2)17-22(21)24/h9-14,17H,3-8,15-16H2,1-2H3. The van der Waals surface area contributed by atoms with Gasteiger partial charge in [-0.2, -0.15) is 8.78 Å². The zero-order valence-corrected chi connectivity index (χ0v) is 16.2. The lowest BCUT2D eigenvalue weighted by atomic mass is 10.0. The van der Waals surface area contributed by atoms with Crippen molar-refractivity contribution in [3.05, 3.63) is 70.5 Å². The molecule has 0 aliphatic heterocycles. The normalized spacial score (nSPS) is 11.7. The van der Waals surface area contributed by atoms with Crippen LogP contribution < -0.4 is 0 Å². The average Bonchev–Trinajstić information content (AvgIpc) is 2.63. The summed E-state index contributed by atoms with van der Waals surface area (Å²) in [5, 5.41) is 0.